The van der Waals surface area contributed by atoms with Crippen LogP contribution in [0.3, 0.4) is 0 Å². The summed E-state index contributed by atoms with van der Waals surface area (Å²) in [6.07, 6.45) is -3.49. The Morgan fingerprint density at radius 2 is 1.86 bits per heavy atom. The van der Waals surface area contributed by atoms with E-state index in [2.05, 4.69) is 10.4 Å². The third-order valence-electron chi connectivity index (χ3n) is 4.01. The van der Waals surface area contributed by atoms with Crippen LogP contribution in [0.5, 0.6) is 0 Å². The van der Waals surface area contributed by atoms with Gasteiger partial charge in [-0.15, -0.1) is 0 Å². The van der Waals surface area contributed by atoms with Crippen LogP contribution in [0.15, 0.2) is 24.3 Å². The van der Waals surface area contributed by atoms with E-state index in [1.165, 1.54) is 0 Å². The lowest BCUT2D eigenvalue weighted by atomic mass is 10.0. The highest BCUT2D eigenvalue weighted by Crippen LogP contribution is 2.34. The average molecular weight is 295 g/mol. The molecule has 1 atom stereocenters. The second-order valence-corrected chi connectivity index (χ2v) is 5.35. The molecule has 1 N–H and O–H groups in total. The predicted octanol–water partition coefficient (Wildman–Crippen LogP) is 3.92. The first-order valence-corrected chi connectivity index (χ1v) is 6.84. The van der Waals surface area contributed by atoms with E-state index < -0.39 is 11.7 Å². The summed E-state index contributed by atoms with van der Waals surface area (Å²) in [5.74, 6) is 0.962. The van der Waals surface area contributed by atoms with Gasteiger partial charge in [0.25, 0.3) is 0 Å². The molecule has 0 fully saturated rings. The maximum absolute atomic E-state index is 12.6. The Morgan fingerprint density at radius 1 is 1.19 bits per heavy atom. The molecule has 0 amide bonds. The number of aryl methyl sites for hydroxylation is 1. The molecule has 0 radical (unpaired) electrons. The summed E-state index contributed by atoms with van der Waals surface area (Å²) in [6, 6.07) is 5.36. The van der Waals surface area contributed by atoms with Crippen LogP contribution in [0.1, 0.15) is 34.8 Å². The van der Waals surface area contributed by atoms with Crippen molar-refractivity contribution in [3.63, 3.8) is 0 Å². The summed E-state index contributed by atoms with van der Waals surface area (Å²) >= 11 is 0. The molecule has 3 nitrogen and oxygen atoms in total. The molecule has 112 valence electrons. The summed E-state index contributed by atoms with van der Waals surface area (Å²) < 4.78 is 39.8. The third kappa shape index (κ3) is 2.39. The molecule has 2 aromatic rings. The van der Waals surface area contributed by atoms with Crippen molar-refractivity contribution < 1.29 is 13.2 Å². The number of hydrogen-bond donors (Lipinski definition) is 1. The molecule has 0 saturated carbocycles. The number of aromatic nitrogens is 2. The molecule has 0 saturated heterocycles. The Labute approximate surface area is 120 Å². The number of rotatable bonds is 1. The monoisotopic (exact) mass is 295 g/mol. The van der Waals surface area contributed by atoms with Gasteiger partial charge in [0.1, 0.15) is 5.82 Å². The number of anilines is 1. The molecular formula is C15H16F3N3. The van der Waals surface area contributed by atoms with Crippen molar-refractivity contribution in [2.24, 2.45) is 0 Å². The van der Waals surface area contributed by atoms with Crippen molar-refractivity contribution in [2.45, 2.75) is 32.5 Å². The maximum atomic E-state index is 12.6. The zero-order valence-electron chi connectivity index (χ0n) is 11.8. The van der Waals surface area contributed by atoms with Crippen LogP contribution in [0, 0.1) is 13.8 Å². The van der Waals surface area contributed by atoms with Crippen molar-refractivity contribution in [3.05, 3.63) is 46.6 Å². The van der Waals surface area contributed by atoms with Crippen molar-refractivity contribution in [2.75, 3.05) is 11.9 Å². The number of nitrogens with zero attached hydrogens (tertiary/aromatic N) is 2. The van der Waals surface area contributed by atoms with Gasteiger partial charge in [0.15, 0.2) is 0 Å². The van der Waals surface area contributed by atoms with Gasteiger partial charge in [-0.25, -0.2) is 4.68 Å². The highest BCUT2D eigenvalue weighted by molar-refractivity contribution is 5.49. The fourth-order valence-corrected chi connectivity index (χ4v) is 2.72. The van der Waals surface area contributed by atoms with Gasteiger partial charge < -0.3 is 5.32 Å². The third-order valence-corrected chi connectivity index (χ3v) is 4.01. The van der Waals surface area contributed by atoms with Crippen molar-refractivity contribution in [1.29, 1.82) is 0 Å². The number of fused-ring (bicyclic) bond motifs is 1. The first-order chi connectivity index (χ1) is 9.88. The Balaban J connectivity index is 1.97. The second kappa shape index (κ2) is 4.79. The Bertz CT molecular complexity index is 656. The SMILES string of the molecule is Cc1nn2c(c1C)NCCC2c1ccc(C(F)(F)F)cc1. The van der Waals surface area contributed by atoms with Crippen molar-refractivity contribution in [1.82, 2.24) is 9.78 Å². The fourth-order valence-electron chi connectivity index (χ4n) is 2.72. The van der Waals surface area contributed by atoms with Gasteiger partial charge in [-0.05, 0) is 38.0 Å². The number of hydrogen-bond acceptors (Lipinski definition) is 2. The molecule has 1 aliphatic heterocycles. The quantitative estimate of drug-likeness (QED) is 0.864. The summed E-state index contributed by atoms with van der Waals surface area (Å²) in [7, 11) is 0. The maximum Gasteiger partial charge on any atom is 0.416 e. The van der Waals surface area contributed by atoms with Gasteiger partial charge in [0, 0.05) is 12.1 Å². The van der Waals surface area contributed by atoms with Crippen LogP contribution in [0.2, 0.25) is 0 Å². The summed E-state index contributed by atoms with van der Waals surface area (Å²) in [4.78, 5) is 0. The first kappa shape index (κ1) is 14.0. The van der Waals surface area contributed by atoms with E-state index in [9.17, 15) is 13.2 Å². The Morgan fingerprint density at radius 3 is 2.48 bits per heavy atom. The van der Waals surface area contributed by atoms with E-state index in [0.29, 0.717) is 0 Å². The van der Waals surface area contributed by atoms with Gasteiger partial charge in [-0.3, -0.25) is 0 Å². The van der Waals surface area contributed by atoms with Gasteiger partial charge in [0.05, 0.1) is 17.3 Å². The number of benzene rings is 1. The zero-order chi connectivity index (χ0) is 15.2. The Hall–Kier alpha value is -1.98. The smallest absolute Gasteiger partial charge is 0.370 e. The number of halogens is 3. The minimum atomic E-state index is -4.29. The molecule has 3 rings (SSSR count). The van der Waals surface area contributed by atoms with E-state index in [1.54, 1.807) is 12.1 Å². The summed E-state index contributed by atoms with van der Waals surface area (Å²) in [5.41, 5.74) is 2.27. The standard InChI is InChI=1S/C15H16F3N3/c1-9-10(2)20-21-13(7-8-19-14(9)21)11-3-5-12(6-4-11)15(16,17)18/h3-6,13,19H,7-8H2,1-2H3. The van der Waals surface area contributed by atoms with Gasteiger partial charge in [-0.2, -0.15) is 18.3 Å². The lowest BCUT2D eigenvalue weighted by molar-refractivity contribution is -0.137. The number of nitrogens with one attached hydrogen (secondary N) is 1. The van der Waals surface area contributed by atoms with Gasteiger partial charge in [0.2, 0.25) is 0 Å². The van der Waals surface area contributed by atoms with E-state index >= 15 is 0 Å². The minimum Gasteiger partial charge on any atom is -0.370 e. The highest BCUT2D eigenvalue weighted by Gasteiger charge is 2.31. The lowest BCUT2D eigenvalue weighted by Gasteiger charge is -2.26. The Kier molecular flexibility index (Phi) is 3.19. The topological polar surface area (TPSA) is 29.9 Å². The second-order valence-electron chi connectivity index (χ2n) is 5.35. The normalized spacial score (nSPS) is 18.2. The fraction of sp³-hybridized carbons (Fsp3) is 0.400. The van der Waals surface area contributed by atoms with Crippen LogP contribution >= 0.6 is 0 Å². The molecule has 1 aliphatic rings. The molecule has 0 bridgehead atoms. The van der Waals surface area contributed by atoms with Gasteiger partial charge in [-0.1, -0.05) is 12.1 Å². The predicted molar refractivity (Wildman–Crippen MR) is 74.4 cm³/mol. The molecule has 1 aromatic heterocycles. The van der Waals surface area contributed by atoms with Crippen LogP contribution in [0.25, 0.3) is 0 Å². The van der Waals surface area contributed by atoms with E-state index in [4.69, 9.17) is 0 Å². The summed E-state index contributed by atoms with van der Waals surface area (Å²) in [5, 5.41) is 7.82. The first-order valence-electron chi connectivity index (χ1n) is 6.84. The van der Waals surface area contributed by atoms with Crippen molar-refractivity contribution >= 4 is 5.82 Å². The lowest BCUT2D eigenvalue weighted by Crippen LogP contribution is -2.24. The van der Waals surface area contributed by atoms with Crippen molar-refractivity contribution in [3.8, 4) is 0 Å². The van der Waals surface area contributed by atoms with Gasteiger partial charge >= 0.3 is 6.18 Å². The van der Waals surface area contributed by atoms with Crippen LogP contribution in [0.4, 0.5) is 19.0 Å². The molecule has 21 heavy (non-hydrogen) atoms. The van der Waals surface area contributed by atoms with E-state index in [0.717, 1.165) is 47.7 Å². The zero-order valence-corrected chi connectivity index (χ0v) is 11.8. The largest absolute Gasteiger partial charge is 0.416 e. The van der Waals surface area contributed by atoms with E-state index in [1.807, 2.05) is 18.5 Å². The van der Waals surface area contributed by atoms with Crippen LogP contribution in [-0.4, -0.2) is 16.3 Å². The molecular weight excluding hydrogens is 279 g/mol. The molecule has 0 aliphatic carbocycles. The molecule has 6 heteroatoms. The van der Waals surface area contributed by atoms with E-state index in [-0.39, 0.29) is 6.04 Å². The molecule has 1 unspecified atom stereocenters. The van der Waals surface area contributed by atoms with Crippen LogP contribution < -0.4 is 5.32 Å². The highest BCUT2D eigenvalue weighted by atomic mass is 19.4. The average Bonchev–Trinajstić information content (AvgIpc) is 2.74. The summed E-state index contributed by atoms with van der Waals surface area (Å²) in [6.45, 7) is 4.72. The van der Waals surface area contributed by atoms with Crippen LogP contribution in [-0.2, 0) is 6.18 Å². The molecule has 0 spiro atoms. The minimum absolute atomic E-state index is 0.0177. The number of alkyl halides is 3. The molecule has 1 aromatic carbocycles. The molecule has 2 heterocycles.